The van der Waals surface area contributed by atoms with Crippen molar-refractivity contribution in [3.63, 3.8) is 0 Å². The van der Waals surface area contributed by atoms with E-state index in [2.05, 4.69) is 15.4 Å². The lowest BCUT2D eigenvalue weighted by atomic mass is 10.3. The normalized spacial score (nSPS) is 12.2. The van der Waals surface area contributed by atoms with E-state index in [0.29, 0.717) is 11.6 Å². The van der Waals surface area contributed by atoms with Crippen LogP contribution in [-0.2, 0) is 4.79 Å². The van der Waals surface area contributed by atoms with Gasteiger partial charge in [0.25, 0.3) is 0 Å². The Balaban J connectivity index is 2.70. The van der Waals surface area contributed by atoms with Crippen molar-refractivity contribution in [3.8, 4) is 0 Å². The van der Waals surface area contributed by atoms with Crippen LogP contribution in [0.15, 0.2) is 17.4 Å². The summed E-state index contributed by atoms with van der Waals surface area (Å²) in [5.74, 6) is 4.88. The number of nitrogens with zero attached hydrogens (tertiary/aromatic N) is 2. The van der Waals surface area contributed by atoms with Crippen LogP contribution in [0.1, 0.15) is 19.0 Å². The van der Waals surface area contributed by atoms with E-state index in [0.717, 1.165) is 5.69 Å². The number of hydrogen-bond donors (Lipinski definition) is 2. The molecule has 0 saturated carbocycles. The van der Waals surface area contributed by atoms with Gasteiger partial charge < -0.3 is 0 Å². The maximum absolute atomic E-state index is 11.3. The number of thioether (sulfide) groups is 1. The van der Waals surface area contributed by atoms with Gasteiger partial charge in [0.15, 0.2) is 5.16 Å². The van der Waals surface area contributed by atoms with Gasteiger partial charge in [-0.1, -0.05) is 18.7 Å². The molecule has 6 heteroatoms. The summed E-state index contributed by atoms with van der Waals surface area (Å²) in [6.07, 6.45) is 2.36. The van der Waals surface area contributed by atoms with Crippen molar-refractivity contribution in [1.82, 2.24) is 15.4 Å². The second-order valence-corrected chi connectivity index (χ2v) is 4.17. The van der Waals surface area contributed by atoms with Gasteiger partial charge >= 0.3 is 0 Å². The third-order valence-electron chi connectivity index (χ3n) is 1.83. The van der Waals surface area contributed by atoms with E-state index in [1.807, 2.05) is 19.9 Å². The summed E-state index contributed by atoms with van der Waals surface area (Å²) in [5.41, 5.74) is 3.02. The summed E-state index contributed by atoms with van der Waals surface area (Å²) in [6.45, 7) is 3.80. The minimum Gasteiger partial charge on any atom is -0.293 e. The number of amides is 1. The summed E-state index contributed by atoms with van der Waals surface area (Å²) in [5, 5.41) is 0.363. The number of carbonyl (C=O) groups excluding carboxylic acids is 1. The van der Waals surface area contributed by atoms with Gasteiger partial charge in [-0.25, -0.2) is 15.8 Å². The first kappa shape index (κ1) is 11.9. The number of rotatable bonds is 4. The van der Waals surface area contributed by atoms with E-state index < -0.39 is 0 Å². The molecule has 1 aromatic heterocycles. The Hall–Kier alpha value is -1.14. The van der Waals surface area contributed by atoms with Crippen LogP contribution < -0.4 is 11.3 Å². The Morgan fingerprint density at radius 2 is 2.47 bits per heavy atom. The molecule has 1 rings (SSSR count). The fraction of sp³-hybridized carbons (Fsp3) is 0.444. The van der Waals surface area contributed by atoms with Gasteiger partial charge in [-0.2, -0.15) is 0 Å². The van der Waals surface area contributed by atoms with E-state index in [-0.39, 0.29) is 11.2 Å². The number of nitrogens with one attached hydrogen (secondary N) is 1. The molecule has 0 spiro atoms. The zero-order valence-electron chi connectivity index (χ0n) is 8.73. The molecule has 15 heavy (non-hydrogen) atoms. The first-order valence-corrected chi connectivity index (χ1v) is 5.52. The molecule has 5 nitrogen and oxygen atoms in total. The van der Waals surface area contributed by atoms with Crippen molar-refractivity contribution in [3.05, 3.63) is 18.0 Å². The summed E-state index contributed by atoms with van der Waals surface area (Å²) >= 11 is 1.32. The monoisotopic (exact) mass is 226 g/mol. The Morgan fingerprint density at radius 3 is 3.00 bits per heavy atom. The molecule has 3 N–H and O–H groups in total. The number of nitrogens with two attached hydrogens (primary N) is 1. The number of hydrogen-bond acceptors (Lipinski definition) is 5. The zero-order valence-corrected chi connectivity index (χ0v) is 9.54. The van der Waals surface area contributed by atoms with Gasteiger partial charge in [0.05, 0.1) is 5.25 Å². The number of carbonyl (C=O) groups is 1. The van der Waals surface area contributed by atoms with Crippen molar-refractivity contribution in [2.24, 2.45) is 5.84 Å². The Morgan fingerprint density at radius 1 is 1.73 bits per heavy atom. The highest BCUT2D eigenvalue weighted by molar-refractivity contribution is 8.00. The van der Waals surface area contributed by atoms with Crippen LogP contribution in [0.5, 0.6) is 0 Å². The molecule has 0 aliphatic carbocycles. The Kier molecular flexibility index (Phi) is 4.51. The van der Waals surface area contributed by atoms with Crippen LogP contribution in [0, 0.1) is 6.92 Å². The van der Waals surface area contributed by atoms with Crippen LogP contribution >= 0.6 is 11.8 Å². The SMILES string of the molecule is CCC(Sc1nccc(C)n1)C(=O)NN. The molecule has 0 fully saturated rings. The van der Waals surface area contributed by atoms with E-state index in [1.165, 1.54) is 11.8 Å². The second-order valence-electron chi connectivity index (χ2n) is 3.00. The summed E-state index contributed by atoms with van der Waals surface area (Å²) in [6, 6.07) is 1.81. The quantitative estimate of drug-likeness (QED) is 0.259. The molecule has 1 amide bonds. The van der Waals surface area contributed by atoms with Crippen molar-refractivity contribution >= 4 is 17.7 Å². The number of aromatic nitrogens is 2. The van der Waals surface area contributed by atoms with Gasteiger partial charge in [-0.05, 0) is 19.4 Å². The molecule has 0 aromatic carbocycles. The lowest BCUT2D eigenvalue weighted by Gasteiger charge is -2.10. The molecule has 0 aliphatic rings. The molecule has 1 heterocycles. The van der Waals surface area contributed by atoms with Gasteiger partial charge in [-0.15, -0.1) is 0 Å². The van der Waals surface area contributed by atoms with E-state index in [1.54, 1.807) is 6.20 Å². The highest BCUT2D eigenvalue weighted by Crippen LogP contribution is 2.21. The smallest absolute Gasteiger partial charge is 0.247 e. The minimum absolute atomic E-state index is 0.201. The maximum atomic E-state index is 11.3. The lowest BCUT2D eigenvalue weighted by molar-refractivity contribution is -0.120. The van der Waals surface area contributed by atoms with Gasteiger partial charge in [0, 0.05) is 11.9 Å². The van der Waals surface area contributed by atoms with Crippen LogP contribution in [0.2, 0.25) is 0 Å². The predicted molar refractivity (Wildman–Crippen MR) is 59.0 cm³/mol. The maximum Gasteiger partial charge on any atom is 0.247 e. The van der Waals surface area contributed by atoms with Crippen molar-refractivity contribution in [2.75, 3.05) is 0 Å². The molecule has 1 atom stereocenters. The second kappa shape index (κ2) is 5.67. The molecule has 0 radical (unpaired) electrons. The topological polar surface area (TPSA) is 80.9 Å². The molecular formula is C9H14N4OS. The summed E-state index contributed by atoms with van der Waals surface area (Å²) in [4.78, 5) is 19.6. The molecular weight excluding hydrogens is 212 g/mol. The van der Waals surface area contributed by atoms with Crippen LogP contribution in [-0.4, -0.2) is 21.1 Å². The third-order valence-corrected chi connectivity index (χ3v) is 3.07. The first-order valence-electron chi connectivity index (χ1n) is 4.64. The molecule has 82 valence electrons. The van der Waals surface area contributed by atoms with Crippen molar-refractivity contribution < 1.29 is 4.79 Å². The standard InChI is InChI=1S/C9H14N4OS/c1-3-7(8(14)13-10)15-9-11-5-4-6(2)12-9/h4-5,7H,3,10H2,1-2H3,(H,13,14). The number of hydrazine groups is 1. The van der Waals surface area contributed by atoms with Gasteiger partial charge in [0.1, 0.15) is 0 Å². The molecule has 1 unspecified atom stereocenters. The van der Waals surface area contributed by atoms with Crippen LogP contribution in [0.4, 0.5) is 0 Å². The molecule has 0 bridgehead atoms. The largest absolute Gasteiger partial charge is 0.293 e. The lowest BCUT2D eigenvalue weighted by Crippen LogP contribution is -2.37. The number of aryl methyl sites for hydroxylation is 1. The summed E-state index contributed by atoms with van der Waals surface area (Å²) < 4.78 is 0. The highest BCUT2D eigenvalue weighted by Gasteiger charge is 2.17. The third kappa shape index (κ3) is 3.49. The molecule has 0 aliphatic heterocycles. The van der Waals surface area contributed by atoms with E-state index >= 15 is 0 Å². The fourth-order valence-electron chi connectivity index (χ4n) is 1.03. The van der Waals surface area contributed by atoms with Crippen molar-refractivity contribution in [2.45, 2.75) is 30.7 Å². The predicted octanol–water partition coefficient (Wildman–Crippen LogP) is 0.646. The Labute approximate surface area is 92.8 Å². The average molecular weight is 226 g/mol. The zero-order chi connectivity index (χ0) is 11.3. The van der Waals surface area contributed by atoms with E-state index in [9.17, 15) is 4.79 Å². The van der Waals surface area contributed by atoms with Crippen LogP contribution in [0.25, 0.3) is 0 Å². The van der Waals surface area contributed by atoms with Gasteiger partial charge in [0.2, 0.25) is 5.91 Å². The average Bonchev–Trinajstić information content (AvgIpc) is 2.25. The highest BCUT2D eigenvalue weighted by atomic mass is 32.2. The summed E-state index contributed by atoms with van der Waals surface area (Å²) in [7, 11) is 0. The van der Waals surface area contributed by atoms with Crippen molar-refractivity contribution in [1.29, 1.82) is 0 Å². The Bertz CT molecular complexity index is 345. The van der Waals surface area contributed by atoms with Crippen LogP contribution in [0.3, 0.4) is 0 Å². The first-order chi connectivity index (χ1) is 7.17. The minimum atomic E-state index is -0.239. The fourth-order valence-corrected chi connectivity index (χ4v) is 1.94. The van der Waals surface area contributed by atoms with E-state index in [4.69, 9.17) is 5.84 Å². The molecule has 1 aromatic rings. The van der Waals surface area contributed by atoms with Gasteiger partial charge in [-0.3, -0.25) is 10.2 Å². The molecule has 0 saturated heterocycles.